The average molecular weight is 397 g/mol. The van der Waals surface area contributed by atoms with Crippen LogP contribution in [0.3, 0.4) is 0 Å². The molecular formula is C14H12IN3OS. The summed E-state index contributed by atoms with van der Waals surface area (Å²) in [4.78, 5) is 9.98. The first-order chi connectivity index (χ1) is 9.76. The number of ether oxygens (including phenoxy) is 1. The second-order valence-electron chi connectivity index (χ2n) is 4.12. The molecule has 0 unspecified atom stereocenters. The Balaban J connectivity index is 1.81. The fraction of sp³-hybridized carbons (Fsp3) is 0.143. The molecule has 2 heterocycles. The SMILES string of the molecule is CNc1nc(COc2ccc(I)cc2)nc2sccc12. The molecule has 0 saturated heterocycles. The molecular weight excluding hydrogens is 385 g/mol. The standard InChI is InChI=1S/C14H12IN3OS/c1-16-13-11-6-7-20-14(11)18-12(17-13)8-19-10-4-2-9(15)3-5-10/h2-7H,8H2,1H3,(H,16,17,18). The minimum atomic E-state index is 0.364. The van der Waals surface area contributed by atoms with Crippen LogP contribution in [-0.2, 0) is 6.61 Å². The van der Waals surface area contributed by atoms with Gasteiger partial charge in [0.25, 0.3) is 0 Å². The summed E-state index contributed by atoms with van der Waals surface area (Å²) in [5.41, 5.74) is 0. The summed E-state index contributed by atoms with van der Waals surface area (Å²) in [6.45, 7) is 0.364. The van der Waals surface area contributed by atoms with Crippen molar-refractivity contribution >= 4 is 50.0 Å². The van der Waals surface area contributed by atoms with E-state index in [1.54, 1.807) is 11.3 Å². The van der Waals surface area contributed by atoms with Gasteiger partial charge in [-0.25, -0.2) is 9.97 Å². The van der Waals surface area contributed by atoms with Crippen LogP contribution in [0.1, 0.15) is 5.82 Å². The number of hydrogen-bond donors (Lipinski definition) is 1. The van der Waals surface area contributed by atoms with E-state index in [0.29, 0.717) is 12.4 Å². The summed E-state index contributed by atoms with van der Waals surface area (Å²) >= 11 is 3.87. The van der Waals surface area contributed by atoms with Crippen molar-refractivity contribution in [2.45, 2.75) is 6.61 Å². The first kappa shape index (κ1) is 13.6. The van der Waals surface area contributed by atoms with E-state index in [1.165, 1.54) is 3.57 Å². The van der Waals surface area contributed by atoms with E-state index < -0.39 is 0 Å². The number of benzene rings is 1. The van der Waals surface area contributed by atoms with Gasteiger partial charge in [-0.2, -0.15) is 0 Å². The number of fused-ring (bicyclic) bond motifs is 1. The maximum absolute atomic E-state index is 5.72. The fourth-order valence-electron chi connectivity index (χ4n) is 1.83. The van der Waals surface area contributed by atoms with Crippen molar-refractivity contribution in [3.8, 4) is 5.75 Å². The second-order valence-corrected chi connectivity index (χ2v) is 6.26. The number of nitrogens with zero attached hydrogens (tertiary/aromatic N) is 2. The summed E-state index contributed by atoms with van der Waals surface area (Å²) in [6, 6.07) is 9.95. The lowest BCUT2D eigenvalue weighted by Crippen LogP contribution is -2.04. The van der Waals surface area contributed by atoms with E-state index in [4.69, 9.17) is 4.74 Å². The zero-order valence-electron chi connectivity index (χ0n) is 10.8. The molecule has 0 spiro atoms. The van der Waals surface area contributed by atoms with Crippen molar-refractivity contribution in [1.29, 1.82) is 0 Å². The van der Waals surface area contributed by atoms with E-state index >= 15 is 0 Å². The number of aromatic nitrogens is 2. The Labute approximate surface area is 134 Å². The molecule has 1 N–H and O–H groups in total. The number of halogens is 1. The molecule has 0 aliphatic carbocycles. The predicted octanol–water partition coefficient (Wildman–Crippen LogP) is 3.92. The van der Waals surface area contributed by atoms with Crippen LogP contribution in [0.25, 0.3) is 10.2 Å². The van der Waals surface area contributed by atoms with Gasteiger partial charge in [0.2, 0.25) is 0 Å². The molecule has 0 atom stereocenters. The first-order valence-corrected chi connectivity index (χ1v) is 8.02. The van der Waals surface area contributed by atoms with Crippen molar-refractivity contribution in [3.05, 3.63) is 45.1 Å². The van der Waals surface area contributed by atoms with E-state index in [2.05, 4.69) is 37.9 Å². The maximum atomic E-state index is 5.72. The van der Waals surface area contributed by atoms with Crippen molar-refractivity contribution in [2.75, 3.05) is 12.4 Å². The molecule has 2 aromatic heterocycles. The van der Waals surface area contributed by atoms with Crippen LogP contribution >= 0.6 is 33.9 Å². The Morgan fingerprint density at radius 3 is 2.75 bits per heavy atom. The first-order valence-electron chi connectivity index (χ1n) is 6.06. The zero-order valence-corrected chi connectivity index (χ0v) is 13.7. The van der Waals surface area contributed by atoms with Crippen LogP contribution in [0.2, 0.25) is 0 Å². The normalized spacial score (nSPS) is 10.7. The number of thiophene rings is 1. The Hall–Kier alpha value is -1.41. The Morgan fingerprint density at radius 2 is 2.00 bits per heavy atom. The lowest BCUT2D eigenvalue weighted by atomic mass is 10.3. The Bertz CT molecular complexity index is 727. The van der Waals surface area contributed by atoms with Crippen LogP contribution in [0, 0.1) is 3.57 Å². The summed E-state index contributed by atoms with van der Waals surface area (Å²) in [5, 5.41) is 6.17. The van der Waals surface area contributed by atoms with Gasteiger partial charge in [0.15, 0.2) is 5.82 Å². The molecule has 102 valence electrons. The van der Waals surface area contributed by atoms with E-state index in [9.17, 15) is 0 Å². The molecule has 0 aliphatic heterocycles. The third-order valence-corrected chi connectivity index (χ3v) is 4.32. The molecule has 0 fully saturated rings. The van der Waals surface area contributed by atoms with Crippen molar-refractivity contribution in [1.82, 2.24) is 9.97 Å². The summed E-state index contributed by atoms with van der Waals surface area (Å²) in [7, 11) is 1.86. The third-order valence-electron chi connectivity index (χ3n) is 2.79. The minimum Gasteiger partial charge on any atom is -0.486 e. The maximum Gasteiger partial charge on any atom is 0.169 e. The van der Waals surface area contributed by atoms with Crippen LogP contribution in [-0.4, -0.2) is 17.0 Å². The van der Waals surface area contributed by atoms with Gasteiger partial charge < -0.3 is 10.1 Å². The summed E-state index contributed by atoms with van der Waals surface area (Å²) in [5.74, 6) is 2.35. The molecule has 0 aliphatic rings. The summed E-state index contributed by atoms with van der Waals surface area (Å²) < 4.78 is 6.90. The quantitative estimate of drug-likeness (QED) is 0.679. The van der Waals surface area contributed by atoms with Crippen LogP contribution in [0.15, 0.2) is 35.7 Å². The topological polar surface area (TPSA) is 47.0 Å². The highest BCUT2D eigenvalue weighted by Crippen LogP contribution is 2.25. The van der Waals surface area contributed by atoms with Crippen molar-refractivity contribution in [3.63, 3.8) is 0 Å². The second kappa shape index (κ2) is 5.92. The Morgan fingerprint density at radius 1 is 1.20 bits per heavy atom. The lowest BCUT2D eigenvalue weighted by Gasteiger charge is -2.07. The minimum absolute atomic E-state index is 0.364. The molecule has 6 heteroatoms. The van der Waals surface area contributed by atoms with Gasteiger partial charge in [0.05, 0.1) is 5.39 Å². The molecule has 4 nitrogen and oxygen atoms in total. The number of anilines is 1. The molecule has 0 amide bonds. The van der Waals surface area contributed by atoms with Crippen molar-refractivity contribution < 1.29 is 4.74 Å². The molecule has 3 rings (SSSR count). The van der Waals surface area contributed by atoms with E-state index in [0.717, 1.165) is 21.8 Å². The molecule has 0 bridgehead atoms. The monoisotopic (exact) mass is 397 g/mol. The zero-order chi connectivity index (χ0) is 13.9. The number of rotatable bonds is 4. The summed E-state index contributed by atoms with van der Waals surface area (Å²) in [6.07, 6.45) is 0. The smallest absolute Gasteiger partial charge is 0.169 e. The average Bonchev–Trinajstić information content (AvgIpc) is 2.94. The van der Waals surface area contributed by atoms with Crippen LogP contribution in [0.5, 0.6) is 5.75 Å². The van der Waals surface area contributed by atoms with Gasteiger partial charge in [0.1, 0.15) is 23.0 Å². The predicted molar refractivity (Wildman–Crippen MR) is 90.5 cm³/mol. The number of hydrogen-bond acceptors (Lipinski definition) is 5. The highest BCUT2D eigenvalue weighted by molar-refractivity contribution is 14.1. The molecule has 0 radical (unpaired) electrons. The van der Waals surface area contributed by atoms with Gasteiger partial charge in [-0.05, 0) is 58.3 Å². The molecule has 1 aromatic carbocycles. The van der Waals surface area contributed by atoms with Gasteiger partial charge in [-0.15, -0.1) is 11.3 Å². The lowest BCUT2D eigenvalue weighted by molar-refractivity contribution is 0.296. The molecule has 3 aromatic rings. The van der Waals surface area contributed by atoms with E-state index in [1.807, 2.05) is 42.8 Å². The largest absolute Gasteiger partial charge is 0.486 e. The van der Waals surface area contributed by atoms with Crippen LogP contribution < -0.4 is 10.1 Å². The van der Waals surface area contributed by atoms with Gasteiger partial charge in [-0.3, -0.25) is 0 Å². The van der Waals surface area contributed by atoms with E-state index in [-0.39, 0.29) is 0 Å². The highest BCUT2D eigenvalue weighted by Gasteiger charge is 2.08. The fourth-order valence-corrected chi connectivity index (χ4v) is 2.98. The van der Waals surface area contributed by atoms with Crippen molar-refractivity contribution in [2.24, 2.45) is 0 Å². The van der Waals surface area contributed by atoms with Gasteiger partial charge >= 0.3 is 0 Å². The van der Waals surface area contributed by atoms with Crippen LogP contribution in [0.4, 0.5) is 5.82 Å². The molecule has 20 heavy (non-hydrogen) atoms. The Kier molecular flexibility index (Phi) is 4.02. The molecule has 0 saturated carbocycles. The number of nitrogens with one attached hydrogen (secondary N) is 1. The van der Waals surface area contributed by atoms with Gasteiger partial charge in [-0.1, -0.05) is 0 Å². The third kappa shape index (κ3) is 2.85. The van der Waals surface area contributed by atoms with Gasteiger partial charge in [0, 0.05) is 10.6 Å². The highest BCUT2D eigenvalue weighted by atomic mass is 127.